The lowest BCUT2D eigenvalue weighted by Gasteiger charge is -2.22. The molecular weight excluding hydrogens is 734 g/mol. The fourth-order valence-electron chi connectivity index (χ4n) is 6.48. The summed E-state index contributed by atoms with van der Waals surface area (Å²) in [5.74, 6) is -5.81. The van der Waals surface area contributed by atoms with Gasteiger partial charge in [-0.25, -0.2) is 4.79 Å². The number of nitrogens with two attached hydrogens (primary N) is 1. The van der Waals surface area contributed by atoms with Crippen molar-refractivity contribution in [1.29, 1.82) is 0 Å². The fraction of sp³-hybridized carbons (Fsp3) is 0.634. The van der Waals surface area contributed by atoms with Gasteiger partial charge in [0.15, 0.2) is 0 Å². The van der Waals surface area contributed by atoms with Crippen LogP contribution in [0, 0.1) is 5.92 Å². The molecule has 4 amide bonds. The number of fused-ring (bicyclic) bond motifs is 1. The molecule has 10 N–H and O–H groups in total. The average Bonchev–Trinajstić information content (AvgIpc) is 3.58. The molecule has 318 valence electrons. The van der Waals surface area contributed by atoms with Crippen molar-refractivity contribution in [2.45, 2.75) is 135 Å². The highest BCUT2D eigenvalue weighted by Crippen LogP contribution is 2.19. The lowest BCUT2D eigenvalue weighted by molar-refractivity contribution is -0.143. The Kier molecular flexibility index (Phi) is 23.5. The summed E-state index contributed by atoms with van der Waals surface area (Å²) in [6.07, 6.45) is 12.3. The molecule has 0 radical (unpaired) electrons. The lowest BCUT2D eigenvalue weighted by Crippen LogP contribution is -2.53. The van der Waals surface area contributed by atoms with Crippen molar-refractivity contribution in [3.05, 3.63) is 36.0 Å². The van der Waals surface area contributed by atoms with Gasteiger partial charge < -0.3 is 52.3 Å². The number of Topliss-reactive ketones (excluding diaryl/α,β-unsaturated/α-hetero) is 1. The van der Waals surface area contributed by atoms with Gasteiger partial charge in [0.2, 0.25) is 23.6 Å². The van der Waals surface area contributed by atoms with Crippen LogP contribution in [0.3, 0.4) is 0 Å². The minimum atomic E-state index is -1.44. The van der Waals surface area contributed by atoms with E-state index >= 15 is 0 Å². The Labute approximate surface area is 335 Å². The van der Waals surface area contributed by atoms with Gasteiger partial charge in [-0.1, -0.05) is 76.5 Å². The number of carbonyl (C=O) groups excluding carboxylic acids is 5. The summed E-state index contributed by atoms with van der Waals surface area (Å²) in [5.41, 5.74) is 7.80. The number of amides is 4. The first kappa shape index (κ1) is 48.3. The van der Waals surface area contributed by atoms with E-state index in [1.807, 2.05) is 24.3 Å². The zero-order valence-electron chi connectivity index (χ0n) is 33.7. The van der Waals surface area contributed by atoms with Crippen LogP contribution in [0.15, 0.2) is 30.5 Å². The van der Waals surface area contributed by atoms with Crippen molar-refractivity contribution >= 4 is 52.3 Å². The summed E-state index contributed by atoms with van der Waals surface area (Å²) >= 11 is 0. The van der Waals surface area contributed by atoms with E-state index in [0.29, 0.717) is 26.1 Å². The summed E-state index contributed by atoms with van der Waals surface area (Å²) < 4.78 is 0. The SMILES string of the molecule is CCCCCCCCCCCC(=O)NCCNCC[C@H](N)C(=O)N[C@H](Cc1c[nH]c2ccccc12)C(=O)NCC[C@@H](NC(=O)[C@@H](CCC(=O)O)CC(C)=O)C(=O)O. The van der Waals surface area contributed by atoms with Crippen LogP contribution in [0.25, 0.3) is 10.9 Å². The number of hydrogen-bond acceptors (Lipinski definition) is 9. The Morgan fingerprint density at radius 3 is 2.05 bits per heavy atom. The summed E-state index contributed by atoms with van der Waals surface area (Å²) in [6.45, 7) is 4.62. The van der Waals surface area contributed by atoms with Crippen molar-refractivity contribution in [2.75, 3.05) is 26.2 Å². The smallest absolute Gasteiger partial charge is 0.326 e. The molecule has 0 fully saturated rings. The standard InChI is InChI=1S/C41H65N7O9/c1-3-4-5-6-7-8-9-10-11-16-36(50)44-24-23-43-21-19-32(42)39(54)48-35(26-30-27-46-33-15-13-12-14-31(30)33)40(55)45-22-20-34(41(56)57)47-38(53)29(25-28(2)49)17-18-37(51)52/h12-15,27,29,32,34-35,43,46H,3-11,16-26,42H2,1-2H3,(H,44,50)(H,45,55)(H,47,53)(H,48,54)(H,51,52)(H,56,57)/t29-,32-,34+,35+/m0/s1. The van der Waals surface area contributed by atoms with Crippen LogP contribution in [-0.4, -0.2) is 101 Å². The molecule has 0 aliphatic heterocycles. The number of para-hydroxylation sites is 1. The van der Waals surface area contributed by atoms with Gasteiger partial charge in [-0.2, -0.15) is 0 Å². The van der Waals surface area contributed by atoms with Gasteiger partial charge in [0, 0.05) is 68.3 Å². The van der Waals surface area contributed by atoms with Crippen molar-refractivity contribution < 1.29 is 43.8 Å². The summed E-state index contributed by atoms with van der Waals surface area (Å²) in [5, 5.41) is 33.5. The van der Waals surface area contributed by atoms with Gasteiger partial charge in [-0.3, -0.25) is 24.0 Å². The molecule has 0 spiro atoms. The van der Waals surface area contributed by atoms with E-state index in [0.717, 1.165) is 35.7 Å². The molecule has 0 bridgehead atoms. The summed E-state index contributed by atoms with van der Waals surface area (Å²) in [7, 11) is 0. The maximum absolute atomic E-state index is 13.5. The lowest BCUT2D eigenvalue weighted by atomic mass is 9.96. The Morgan fingerprint density at radius 1 is 0.719 bits per heavy atom. The van der Waals surface area contributed by atoms with Gasteiger partial charge in [0.1, 0.15) is 17.9 Å². The number of rotatable bonds is 32. The van der Waals surface area contributed by atoms with Crippen LogP contribution in [0.2, 0.25) is 0 Å². The first-order chi connectivity index (χ1) is 27.3. The van der Waals surface area contributed by atoms with Crippen molar-refractivity contribution in [3.8, 4) is 0 Å². The Hall–Kier alpha value is -4.83. The maximum atomic E-state index is 13.5. The quantitative estimate of drug-likeness (QED) is 0.0486. The van der Waals surface area contributed by atoms with Gasteiger partial charge >= 0.3 is 11.9 Å². The van der Waals surface area contributed by atoms with Crippen LogP contribution in [0.4, 0.5) is 0 Å². The van der Waals surface area contributed by atoms with E-state index in [-0.39, 0.29) is 56.8 Å². The molecule has 0 aliphatic carbocycles. The molecule has 2 aromatic rings. The summed E-state index contributed by atoms with van der Waals surface area (Å²) in [6, 6.07) is 4.00. The van der Waals surface area contributed by atoms with E-state index in [9.17, 15) is 38.7 Å². The highest BCUT2D eigenvalue weighted by atomic mass is 16.4. The Morgan fingerprint density at radius 2 is 1.39 bits per heavy atom. The van der Waals surface area contributed by atoms with Gasteiger partial charge in [-0.05, 0) is 50.8 Å². The third-order valence-electron chi connectivity index (χ3n) is 9.79. The van der Waals surface area contributed by atoms with Crippen molar-refractivity contribution in [2.24, 2.45) is 11.7 Å². The van der Waals surface area contributed by atoms with Crippen LogP contribution < -0.4 is 32.3 Å². The van der Waals surface area contributed by atoms with Crippen molar-refractivity contribution in [3.63, 3.8) is 0 Å². The number of aliphatic carboxylic acids is 2. The number of hydrogen-bond donors (Lipinski definition) is 9. The largest absolute Gasteiger partial charge is 0.481 e. The van der Waals surface area contributed by atoms with Crippen LogP contribution in [-0.2, 0) is 40.0 Å². The van der Waals surface area contributed by atoms with E-state index in [2.05, 4.69) is 38.5 Å². The Balaban J connectivity index is 1.87. The number of carbonyl (C=O) groups is 7. The Bertz CT molecular complexity index is 1580. The molecule has 1 heterocycles. The first-order valence-electron chi connectivity index (χ1n) is 20.4. The van der Waals surface area contributed by atoms with Crippen molar-refractivity contribution in [1.82, 2.24) is 31.6 Å². The topological polar surface area (TPSA) is 262 Å². The van der Waals surface area contributed by atoms with Gasteiger partial charge in [0.25, 0.3) is 0 Å². The molecular formula is C41H65N7O9. The number of nitrogens with one attached hydrogen (secondary N) is 6. The van der Waals surface area contributed by atoms with E-state index in [1.54, 1.807) is 6.20 Å². The highest BCUT2D eigenvalue weighted by molar-refractivity contribution is 5.91. The fourth-order valence-corrected chi connectivity index (χ4v) is 6.48. The number of H-pyrrole nitrogens is 1. The summed E-state index contributed by atoms with van der Waals surface area (Å²) in [4.78, 5) is 89.6. The van der Waals surface area contributed by atoms with E-state index in [4.69, 9.17) is 10.8 Å². The molecule has 0 saturated carbocycles. The number of carboxylic acid groups (broad SMARTS) is 2. The maximum Gasteiger partial charge on any atom is 0.326 e. The molecule has 16 nitrogen and oxygen atoms in total. The average molecular weight is 800 g/mol. The number of unbranched alkanes of at least 4 members (excludes halogenated alkanes) is 8. The monoisotopic (exact) mass is 799 g/mol. The number of benzene rings is 1. The molecule has 1 aromatic heterocycles. The van der Waals surface area contributed by atoms with Crippen LogP contribution in [0.1, 0.15) is 116 Å². The molecule has 2 rings (SSSR count). The van der Waals surface area contributed by atoms with E-state index < -0.39 is 53.7 Å². The molecule has 0 saturated heterocycles. The normalized spacial score (nSPS) is 13.2. The highest BCUT2D eigenvalue weighted by Gasteiger charge is 2.28. The van der Waals surface area contributed by atoms with Gasteiger partial charge in [-0.15, -0.1) is 0 Å². The predicted molar refractivity (Wildman–Crippen MR) is 217 cm³/mol. The molecule has 1 aromatic carbocycles. The molecule has 4 atom stereocenters. The number of ketones is 1. The molecule has 0 aliphatic rings. The minimum absolute atomic E-state index is 0.0184. The van der Waals surface area contributed by atoms with Gasteiger partial charge in [0.05, 0.1) is 6.04 Å². The molecule has 57 heavy (non-hydrogen) atoms. The zero-order chi connectivity index (χ0) is 42.0. The predicted octanol–water partition coefficient (Wildman–Crippen LogP) is 3.08. The zero-order valence-corrected chi connectivity index (χ0v) is 33.7. The van der Waals surface area contributed by atoms with Crippen LogP contribution in [0.5, 0.6) is 0 Å². The second kappa shape index (κ2) is 27.7. The second-order valence-electron chi connectivity index (χ2n) is 14.7. The second-order valence-corrected chi connectivity index (χ2v) is 14.7. The number of aromatic amines is 1. The molecule has 0 unspecified atom stereocenters. The first-order valence-corrected chi connectivity index (χ1v) is 20.4. The number of aromatic nitrogens is 1. The minimum Gasteiger partial charge on any atom is -0.481 e. The van der Waals surface area contributed by atoms with Crippen LogP contribution >= 0.6 is 0 Å². The third-order valence-corrected chi connectivity index (χ3v) is 9.79. The molecule has 16 heteroatoms. The number of carboxylic acids is 2. The van der Waals surface area contributed by atoms with E-state index in [1.165, 1.54) is 45.4 Å². The third kappa shape index (κ3) is 20.2.